The zero-order valence-electron chi connectivity index (χ0n) is 18.0. The zero-order chi connectivity index (χ0) is 23.2. The molecule has 0 aliphatic heterocycles. The molecule has 2 aromatic carbocycles. The van der Waals surface area contributed by atoms with Crippen LogP contribution in [0.25, 0.3) is 0 Å². The Morgan fingerprint density at radius 1 is 1.03 bits per heavy atom. The second-order valence-electron chi connectivity index (χ2n) is 8.26. The first-order chi connectivity index (χ1) is 14.5. The Bertz CT molecular complexity index is 894. The molecule has 2 aromatic rings. The van der Waals surface area contributed by atoms with Crippen molar-refractivity contribution < 1.29 is 9.59 Å². The molecule has 1 unspecified atom stereocenters. The molecular formula is C23H27Cl3N2O2S. The van der Waals surface area contributed by atoms with Gasteiger partial charge in [0.25, 0.3) is 0 Å². The molecule has 0 aliphatic rings. The topological polar surface area (TPSA) is 49.4 Å². The molecule has 31 heavy (non-hydrogen) atoms. The second kappa shape index (κ2) is 11.5. The van der Waals surface area contributed by atoms with Gasteiger partial charge in [0.15, 0.2) is 0 Å². The molecule has 0 radical (unpaired) electrons. The van der Waals surface area contributed by atoms with E-state index in [1.807, 2.05) is 32.9 Å². The van der Waals surface area contributed by atoms with Crippen LogP contribution in [0.2, 0.25) is 15.1 Å². The van der Waals surface area contributed by atoms with Gasteiger partial charge in [0, 0.05) is 32.9 Å². The van der Waals surface area contributed by atoms with Gasteiger partial charge in [-0.05, 0) is 63.1 Å². The maximum atomic E-state index is 13.1. The molecule has 0 aliphatic carbocycles. The van der Waals surface area contributed by atoms with Gasteiger partial charge in [-0.25, -0.2) is 0 Å². The number of hydrogen-bond donors (Lipinski definition) is 1. The minimum absolute atomic E-state index is 0.139. The molecule has 0 saturated heterocycles. The molecule has 168 valence electrons. The SMILES string of the molecule is CC(C(=O)NC(C)(C)C)N(Cc1ccc(Cl)cc1)C(=O)CSCc1c(Cl)cccc1Cl. The molecule has 8 heteroatoms. The molecule has 0 heterocycles. The van der Waals surface area contributed by atoms with Crippen LogP contribution in [0.3, 0.4) is 0 Å². The van der Waals surface area contributed by atoms with Gasteiger partial charge < -0.3 is 10.2 Å². The Hall–Kier alpha value is -1.40. The van der Waals surface area contributed by atoms with E-state index in [4.69, 9.17) is 34.8 Å². The summed E-state index contributed by atoms with van der Waals surface area (Å²) in [4.78, 5) is 27.5. The standard InChI is InChI=1S/C23H27Cl3N2O2S/c1-15(22(30)27-23(2,3)4)28(12-16-8-10-17(24)11-9-16)21(29)14-31-13-18-19(25)6-5-7-20(18)26/h5-11,15H,12-14H2,1-4H3,(H,27,30). The first-order valence-electron chi connectivity index (χ1n) is 9.84. The largest absolute Gasteiger partial charge is 0.350 e. The summed E-state index contributed by atoms with van der Waals surface area (Å²) in [6, 6.07) is 12.0. The van der Waals surface area contributed by atoms with Crippen LogP contribution in [-0.4, -0.2) is 34.0 Å². The summed E-state index contributed by atoms with van der Waals surface area (Å²) in [5, 5.41) is 4.71. The molecule has 0 saturated carbocycles. The number of hydrogen-bond acceptors (Lipinski definition) is 3. The van der Waals surface area contributed by atoms with E-state index in [-0.39, 0.29) is 17.6 Å². The fourth-order valence-electron chi connectivity index (χ4n) is 2.84. The third-order valence-corrected chi connectivity index (χ3v) is 6.37. The molecule has 2 amide bonds. The van der Waals surface area contributed by atoms with E-state index in [9.17, 15) is 9.59 Å². The number of benzene rings is 2. The van der Waals surface area contributed by atoms with Crippen molar-refractivity contribution in [2.45, 2.75) is 51.6 Å². The van der Waals surface area contributed by atoms with E-state index in [0.29, 0.717) is 27.4 Å². The number of nitrogens with zero attached hydrogens (tertiary/aromatic N) is 1. The van der Waals surface area contributed by atoms with Gasteiger partial charge in [-0.1, -0.05) is 53.0 Å². The van der Waals surface area contributed by atoms with Crippen molar-refractivity contribution in [3.8, 4) is 0 Å². The zero-order valence-corrected chi connectivity index (χ0v) is 21.1. The van der Waals surface area contributed by atoms with Crippen molar-refractivity contribution in [3.63, 3.8) is 0 Å². The Morgan fingerprint density at radius 3 is 2.16 bits per heavy atom. The highest BCUT2D eigenvalue weighted by molar-refractivity contribution is 7.99. The highest BCUT2D eigenvalue weighted by Gasteiger charge is 2.28. The van der Waals surface area contributed by atoms with Gasteiger partial charge >= 0.3 is 0 Å². The van der Waals surface area contributed by atoms with Crippen LogP contribution >= 0.6 is 46.6 Å². The third kappa shape index (κ3) is 8.23. The maximum absolute atomic E-state index is 13.1. The average molecular weight is 502 g/mol. The average Bonchev–Trinajstić information content (AvgIpc) is 2.67. The molecular weight excluding hydrogens is 475 g/mol. The van der Waals surface area contributed by atoms with E-state index in [0.717, 1.165) is 11.1 Å². The first-order valence-corrected chi connectivity index (χ1v) is 12.1. The normalized spacial score (nSPS) is 12.4. The third-order valence-electron chi connectivity index (χ3n) is 4.47. The van der Waals surface area contributed by atoms with E-state index in [2.05, 4.69) is 5.32 Å². The van der Waals surface area contributed by atoms with Gasteiger partial charge in [-0.15, -0.1) is 11.8 Å². The van der Waals surface area contributed by atoms with Crippen LogP contribution in [0.4, 0.5) is 0 Å². The van der Waals surface area contributed by atoms with Crippen molar-refractivity contribution >= 4 is 58.4 Å². The predicted octanol–water partition coefficient (Wildman–Crippen LogP) is 6.21. The lowest BCUT2D eigenvalue weighted by atomic mass is 10.1. The lowest BCUT2D eigenvalue weighted by Gasteiger charge is -2.31. The summed E-state index contributed by atoms with van der Waals surface area (Å²) in [6.07, 6.45) is 0. The first kappa shape index (κ1) is 25.9. The number of nitrogens with one attached hydrogen (secondary N) is 1. The van der Waals surface area contributed by atoms with E-state index in [1.165, 1.54) is 11.8 Å². The fourth-order valence-corrected chi connectivity index (χ4v) is 4.61. The molecule has 2 rings (SSSR count). The smallest absolute Gasteiger partial charge is 0.242 e. The summed E-state index contributed by atoms with van der Waals surface area (Å²) in [5.74, 6) is 0.359. The van der Waals surface area contributed by atoms with Gasteiger partial charge in [-0.2, -0.15) is 0 Å². The lowest BCUT2D eigenvalue weighted by molar-refractivity contribution is -0.139. The predicted molar refractivity (Wildman–Crippen MR) is 132 cm³/mol. The van der Waals surface area contributed by atoms with Gasteiger partial charge in [0.1, 0.15) is 6.04 Å². The quantitative estimate of drug-likeness (QED) is 0.468. The molecule has 0 fully saturated rings. The summed E-state index contributed by atoms with van der Waals surface area (Å²) < 4.78 is 0. The van der Waals surface area contributed by atoms with Gasteiger partial charge in [-0.3, -0.25) is 9.59 Å². The molecule has 4 nitrogen and oxygen atoms in total. The van der Waals surface area contributed by atoms with Crippen LogP contribution in [-0.2, 0) is 21.9 Å². The van der Waals surface area contributed by atoms with Crippen molar-refractivity contribution in [3.05, 3.63) is 68.7 Å². The van der Waals surface area contributed by atoms with E-state index in [1.54, 1.807) is 42.2 Å². The summed E-state index contributed by atoms with van der Waals surface area (Å²) in [5.41, 5.74) is 1.30. The molecule has 1 N–H and O–H groups in total. The van der Waals surface area contributed by atoms with Crippen molar-refractivity contribution in [2.24, 2.45) is 0 Å². The van der Waals surface area contributed by atoms with Crippen molar-refractivity contribution in [2.75, 3.05) is 5.75 Å². The maximum Gasteiger partial charge on any atom is 0.242 e. The van der Waals surface area contributed by atoms with Crippen LogP contribution in [0.5, 0.6) is 0 Å². The minimum atomic E-state index is -0.632. The Morgan fingerprint density at radius 2 is 1.61 bits per heavy atom. The van der Waals surface area contributed by atoms with E-state index >= 15 is 0 Å². The van der Waals surface area contributed by atoms with E-state index < -0.39 is 11.6 Å². The lowest BCUT2D eigenvalue weighted by Crippen LogP contribution is -2.52. The number of carbonyl (C=O) groups excluding carboxylic acids is 2. The van der Waals surface area contributed by atoms with Crippen LogP contribution in [0.1, 0.15) is 38.8 Å². The van der Waals surface area contributed by atoms with Crippen LogP contribution < -0.4 is 5.32 Å². The molecule has 0 spiro atoms. The van der Waals surface area contributed by atoms with Crippen molar-refractivity contribution in [1.29, 1.82) is 0 Å². The number of rotatable bonds is 8. The highest BCUT2D eigenvalue weighted by atomic mass is 35.5. The molecule has 0 bridgehead atoms. The monoisotopic (exact) mass is 500 g/mol. The van der Waals surface area contributed by atoms with Crippen molar-refractivity contribution in [1.82, 2.24) is 10.2 Å². The fraction of sp³-hybridized carbons (Fsp3) is 0.391. The minimum Gasteiger partial charge on any atom is -0.350 e. The summed E-state index contributed by atoms with van der Waals surface area (Å²) in [7, 11) is 0. The Labute approximate surface area is 203 Å². The van der Waals surface area contributed by atoms with Crippen LogP contribution in [0, 0.1) is 0 Å². The Kier molecular flexibility index (Phi) is 9.56. The number of amides is 2. The number of thioether (sulfide) groups is 1. The molecule has 1 atom stereocenters. The van der Waals surface area contributed by atoms with Gasteiger partial charge in [0.05, 0.1) is 5.75 Å². The Balaban J connectivity index is 2.13. The second-order valence-corrected chi connectivity index (χ2v) is 10.5. The molecule has 0 aromatic heterocycles. The highest BCUT2D eigenvalue weighted by Crippen LogP contribution is 2.28. The van der Waals surface area contributed by atoms with Gasteiger partial charge in [0.2, 0.25) is 11.8 Å². The number of carbonyl (C=O) groups is 2. The summed E-state index contributed by atoms with van der Waals surface area (Å²) >= 11 is 19.8. The summed E-state index contributed by atoms with van der Waals surface area (Å²) in [6.45, 7) is 7.77. The van der Waals surface area contributed by atoms with Crippen LogP contribution in [0.15, 0.2) is 42.5 Å². The number of halogens is 3.